The van der Waals surface area contributed by atoms with Crippen LogP contribution in [0.15, 0.2) is 0 Å². The highest BCUT2D eigenvalue weighted by atomic mass is 16.5. The summed E-state index contributed by atoms with van der Waals surface area (Å²) in [5.41, 5.74) is 0. The van der Waals surface area contributed by atoms with E-state index in [1.165, 1.54) is 0 Å². The standard InChI is InChI=1S/C5H13NO2.C3H8O/c1-3-6(8)4-5(2)7;1-3(2)4/h5,7-8H,3-4H2,1-2H3;3-4H,1-2H3. The molecule has 3 N–H and O–H groups in total. The van der Waals surface area contributed by atoms with Gasteiger partial charge in [-0.25, -0.2) is 0 Å². The molecule has 0 bridgehead atoms. The van der Waals surface area contributed by atoms with Crippen molar-refractivity contribution in [1.29, 1.82) is 0 Å². The molecule has 0 fully saturated rings. The van der Waals surface area contributed by atoms with Crippen molar-refractivity contribution in [2.24, 2.45) is 0 Å². The maximum Gasteiger partial charge on any atom is 0.0662 e. The summed E-state index contributed by atoms with van der Waals surface area (Å²) in [5, 5.41) is 26.5. The van der Waals surface area contributed by atoms with E-state index in [9.17, 15) is 0 Å². The van der Waals surface area contributed by atoms with Crippen molar-refractivity contribution in [3.05, 3.63) is 0 Å². The Balaban J connectivity index is 0. The molecule has 0 aliphatic carbocycles. The molecule has 0 aromatic heterocycles. The third kappa shape index (κ3) is 22.5. The second-order valence-electron chi connectivity index (χ2n) is 2.95. The van der Waals surface area contributed by atoms with Gasteiger partial charge in [-0.15, -0.1) is 0 Å². The molecule has 4 heteroatoms. The van der Waals surface area contributed by atoms with Gasteiger partial charge in [0.25, 0.3) is 0 Å². The van der Waals surface area contributed by atoms with Crippen LogP contribution in [-0.4, -0.2) is 45.8 Å². The van der Waals surface area contributed by atoms with Crippen LogP contribution in [0.4, 0.5) is 0 Å². The van der Waals surface area contributed by atoms with Crippen molar-refractivity contribution in [1.82, 2.24) is 5.06 Å². The maximum absolute atomic E-state index is 8.70. The van der Waals surface area contributed by atoms with E-state index in [2.05, 4.69) is 0 Å². The number of hydrogen-bond donors (Lipinski definition) is 3. The van der Waals surface area contributed by atoms with E-state index >= 15 is 0 Å². The maximum atomic E-state index is 8.70. The normalized spacial score (nSPS) is 12.8. The molecule has 0 aliphatic heterocycles. The monoisotopic (exact) mass is 179 g/mol. The molecule has 1 atom stereocenters. The van der Waals surface area contributed by atoms with Gasteiger partial charge >= 0.3 is 0 Å². The van der Waals surface area contributed by atoms with Gasteiger partial charge in [0.05, 0.1) is 6.10 Å². The molecule has 0 saturated carbocycles. The van der Waals surface area contributed by atoms with Crippen molar-refractivity contribution in [3.8, 4) is 0 Å². The zero-order valence-electron chi connectivity index (χ0n) is 8.36. The molecular weight excluding hydrogens is 158 g/mol. The Labute approximate surface area is 74.4 Å². The molecule has 0 spiro atoms. The van der Waals surface area contributed by atoms with Crippen LogP contribution in [0.25, 0.3) is 0 Å². The Morgan fingerprint density at radius 1 is 1.17 bits per heavy atom. The minimum Gasteiger partial charge on any atom is -0.394 e. The molecule has 0 aliphatic rings. The fraction of sp³-hybridized carbons (Fsp3) is 1.00. The first-order chi connectivity index (χ1) is 5.40. The zero-order valence-corrected chi connectivity index (χ0v) is 8.36. The zero-order chi connectivity index (χ0) is 10.1. The molecule has 0 aromatic rings. The summed E-state index contributed by atoms with van der Waals surface area (Å²) in [7, 11) is 0. The van der Waals surface area contributed by atoms with Crippen LogP contribution in [0, 0.1) is 0 Å². The fourth-order valence-corrected chi connectivity index (χ4v) is 0.434. The summed E-state index contributed by atoms with van der Waals surface area (Å²) in [6.45, 7) is 7.79. The Morgan fingerprint density at radius 2 is 1.50 bits per heavy atom. The lowest BCUT2D eigenvalue weighted by atomic mass is 10.4. The third-order valence-electron chi connectivity index (χ3n) is 0.840. The van der Waals surface area contributed by atoms with Crippen molar-refractivity contribution < 1.29 is 15.4 Å². The number of aliphatic hydroxyl groups excluding tert-OH is 2. The van der Waals surface area contributed by atoms with E-state index in [0.717, 1.165) is 5.06 Å². The second-order valence-corrected chi connectivity index (χ2v) is 2.95. The van der Waals surface area contributed by atoms with Gasteiger partial charge < -0.3 is 15.4 Å². The summed E-state index contributed by atoms with van der Waals surface area (Å²) in [5.74, 6) is 0. The molecule has 1 unspecified atom stereocenters. The number of nitrogens with zero attached hydrogens (tertiary/aromatic N) is 1. The Morgan fingerprint density at radius 3 is 1.58 bits per heavy atom. The largest absolute Gasteiger partial charge is 0.394 e. The molecule has 76 valence electrons. The summed E-state index contributed by atoms with van der Waals surface area (Å²) < 4.78 is 0. The average Bonchev–Trinajstić information content (AvgIpc) is 1.84. The quantitative estimate of drug-likeness (QED) is 0.551. The van der Waals surface area contributed by atoms with Crippen LogP contribution < -0.4 is 0 Å². The smallest absolute Gasteiger partial charge is 0.0662 e. The van der Waals surface area contributed by atoms with Crippen molar-refractivity contribution in [3.63, 3.8) is 0 Å². The van der Waals surface area contributed by atoms with Gasteiger partial charge in [0, 0.05) is 19.2 Å². The van der Waals surface area contributed by atoms with E-state index in [1.807, 2.05) is 6.92 Å². The number of hydroxylamine groups is 2. The fourth-order valence-electron chi connectivity index (χ4n) is 0.434. The molecule has 0 rings (SSSR count). The van der Waals surface area contributed by atoms with E-state index in [4.69, 9.17) is 15.4 Å². The summed E-state index contributed by atoms with van der Waals surface area (Å²) in [6.07, 6.45) is -0.611. The molecule has 0 aromatic carbocycles. The van der Waals surface area contributed by atoms with Crippen LogP contribution in [0.3, 0.4) is 0 Å². The van der Waals surface area contributed by atoms with Gasteiger partial charge in [-0.2, -0.15) is 5.06 Å². The SMILES string of the molecule is CC(C)O.CCN(O)CC(C)O. The van der Waals surface area contributed by atoms with E-state index < -0.39 is 6.10 Å². The molecule has 0 heterocycles. The molecule has 12 heavy (non-hydrogen) atoms. The number of hydrogen-bond acceptors (Lipinski definition) is 4. The third-order valence-corrected chi connectivity index (χ3v) is 0.840. The molecule has 4 nitrogen and oxygen atoms in total. The summed E-state index contributed by atoms with van der Waals surface area (Å²) >= 11 is 0. The topological polar surface area (TPSA) is 63.9 Å². The van der Waals surface area contributed by atoms with Gasteiger partial charge in [-0.1, -0.05) is 6.92 Å². The first kappa shape index (κ1) is 14.4. The van der Waals surface area contributed by atoms with Gasteiger partial charge in [0.1, 0.15) is 0 Å². The Bertz CT molecular complexity index is 83.6. The number of likely N-dealkylation sites (N-methyl/N-ethyl adjacent to an activating group) is 1. The Hall–Kier alpha value is -0.160. The first-order valence-electron chi connectivity index (χ1n) is 4.20. The highest BCUT2D eigenvalue weighted by molar-refractivity contribution is 4.47. The van der Waals surface area contributed by atoms with Crippen molar-refractivity contribution in [2.45, 2.75) is 39.9 Å². The number of rotatable bonds is 3. The summed E-state index contributed by atoms with van der Waals surface area (Å²) in [4.78, 5) is 0. The van der Waals surface area contributed by atoms with Gasteiger partial charge in [0.15, 0.2) is 0 Å². The van der Waals surface area contributed by atoms with E-state index in [-0.39, 0.29) is 6.10 Å². The van der Waals surface area contributed by atoms with Crippen LogP contribution in [0.2, 0.25) is 0 Å². The van der Waals surface area contributed by atoms with E-state index in [0.29, 0.717) is 13.1 Å². The van der Waals surface area contributed by atoms with Crippen LogP contribution in [-0.2, 0) is 0 Å². The van der Waals surface area contributed by atoms with Gasteiger partial charge in [-0.3, -0.25) is 0 Å². The summed E-state index contributed by atoms with van der Waals surface area (Å²) in [6, 6.07) is 0. The molecule has 0 radical (unpaired) electrons. The van der Waals surface area contributed by atoms with Crippen LogP contribution in [0.5, 0.6) is 0 Å². The van der Waals surface area contributed by atoms with E-state index in [1.54, 1.807) is 20.8 Å². The van der Waals surface area contributed by atoms with Crippen molar-refractivity contribution >= 4 is 0 Å². The lowest BCUT2D eigenvalue weighted by molar-refractivity contribution is -0.106. The highest BCUT2D eigenvalue weighted by Crippen LogP contribution is 1.84. The minimum atomic E-state index is -0.444. The molecule has 0 saturated heterocycles. The van der Waals surface area contributed by atoms with Crippen molar-refractivity contribution in [2.75, 3.05) is 13.1 Å². The van der Waals surface area contributed by atoms with Crippen LogP contribution >= 0.6 is 0 Å². The average molecular weight is 179 g/mol. The Kier molecular flexibility index (Phi) is 10.7. The number of aliphatic hydroxyl groups is 2. The predicted octanol–water partition coefficient (Wildman–Crippen LogP) is 0.465. The van der Waals surface area contributed by atoms with Gasteiger partial charge in [-0.05, 0) is 20.8 Å². The lowest BCUT2D eigenvalue weighted by Crippen LogP contribution is -2.27. The predicted molar refractivity (Wildman–Crippen MR) is 48.1 cm³/mol. The highest BCUT2D eigenvalue weighted by Gasteiger charge is 1.99. The van der Waals surface area contributed by atoms with Crippen LogP contribution in [0.1, 0.15) is 27.7 Å². The second kappa shape index (κ2) is 8.93. The molecular formula is C8H21NO3. The van der Waals surface area contributed by atoms with Gasteiger partial charge in [0.2, 0.25) is 0 Å². The first-order valence-corrected chi connectivity index (χ1v) is 4.20. The lowest BCUT2D eigenvalue weighted by Gasteiger charge is -2.12. The minimum absolute atomic E-state index is 0.167. The molecule has 0 amide bonds.